The molecule has 1 aromatic carbocycles. The fraction of sp³-hybridized carbons (Fsp3) is 0.594. The van der Waals surface area contributed by atoms with Gasteiger partial charge in [-0.1, -0.05) is 0 Å². The number of allylic oxidation sites excluding steroid dienone is 2. The number of carbonyl (C=O) groups excluding carboxylic acids is 2. The van der Waals surface area contributed by atoms with Crippen LogP contribution in [0.1, 0.15) is 58.9 Å². The van der Waals surface area contributed by atoms with Crippen molar-refractivity contribution < 1.29 is 19.8 Å². The number of phenolic OH excluding ortho intramolecular Hbond substituents is 1. The number of ketones is 1. The molecule has 3 aliphatic heterocycles. The first kappa shape index (κ1) is 31.2. The molecular formula is C32H47N7O4. The summed E-state index contributed by atoms with van der Waals surface area (Å²) in [5.74, 6) is -1.24. The lowest BCUT2D eigenvalue weighted by Gasteiger charge is -2.34. The number of rotatable bonds is 10. The minimum Gasteiger partial charge on any atom is -0.507 e. The summed E-state index contributed by atoms with van der Waals surface area (Å²) in [6.45, 7) is 14.8. The molecule has 43 heavy (non-hydrogen) atoms. The zero-order valence-corrected chi connectivity index (χ0v) is 26.6. The summed E-state index contributed by atoms with van der Waals surface area (Å²) >= 11 is 0. The number of hydrazone groups is 1. The van der Waals surface area contributed by atoms with Crippen molar-refractivity contribution in [3.05, 3.63) is 40.7 Å². The van der Waals surface area contributed by atoms with Crippen LogP contribution in [0.25, 0.3) is 5.57 Å². The molecule has 2 N–H and O–H groups in total. The van der Waals surface area contributed by atoms with Gasteiger partial charge in [-0.2, -0.15) is 5.10 Å². The number of nitrogens with zero attached hydrogens (tertiary/aromatic N) is 7. The number of anilines is 1. The highest BCUT2D eigenvalue weighted by molar-refractivity contribution is 6.44. The first-order chi connectivity index (χ1) is 20.4. The summed E-state index contributed by atoms with van der Waals surface area (Å²) in [6.07, 6.45) is 4.89. The van der Waals surface area contributed by atoms with Crippen molar-refractivity contribution in [1.29, 1.82) is 0 Å². The van der Waals surface area contributed by atoms with Gasteiger partial charge < -0.3 is 15.1 Å². The van der Waals surface area contributed by atoms with E-state index in [0.717, 1.165) is 58.0 Å². The van der Waals surface area contributed by atoms with Gasteiger partial charge in [0.15, 0.2) is 0 Å². The largest absolute Gasteiger partial charge is 0.507 e. The molecular weight excluding hydrogens is 546 g/mol. The third-order valence-corrected chi connectivity index (χ3v) is 8.96. The number of hydrazine groups is 2. The van der Waals surface area contributed by atoms with Gasteiger partial charge in [-0.15, -0.1) is 0 Å². The smallest absolute Gasteiger partial charge is 0.277 e. The van der Waals surface area contributed by atoms with Crippen LogP contribution in [0.4, 0.5) is 5.69 Å². The van der Waals surface area contributed by atoms with Gasteiger partial charge in [0.05, 0.1) is 28.0 Å². The molecule has 4 aliphatic rings. The van der Waals surface area contributed by atoms with E-state index in [1.54, 1.807) is 19.1 Å². The van der Waals surface area contributed by atoms with E-state index in [0.29, 0.717) is 5.71 Å². The molecule has 0 radical (unpaired) electrons. The number of aliphatic hydroxyl groups is 1. The Hall–Kier alpha value is -3.25. The maximum atomic E-state index is 13.3. The number of hydrogen-bond acceptors (Lipinski definition) is 10. The van der Waals surface area contributed by atoms with Crippen molar-refractivity contribution in [2.24, 2.45) is 5.10 Å². The molecule has 2 saturated heterocycles. The van der Waals surface area contributed by atoms with E-state index in [-0.39, 0.29) is 33.8 Å². The lowest BCUT2D eigenvalue weighted by Crippen LogP contribution is -2.46. The number of likely N-dealkylation sites (N-methyl/N-ethyl adjacent to an activating group) is 2. The highest BCUT2D eigenvalue weighted by Crippen LogP contribution is 2.43. The molecule has 1 amide bonds. The molecule has 11 heteroatoms. The second-order valence-corrected chi connectivity index (χ2v) is 13.0. The number of carbonyl (C=O) groups is 2. The number of amides is 1. The Morgan fingerprint density at radius 1 is 0.814 bits per heavy atom. The van der Waals surface area contributed by atoms with E-state index >= 15 is 0 Å². The van der Waals surface area contributed by atoms with Crippen LogP contribution in [0.3, 0.4) is 0 Å². The van der Waals surface area contributed by atoms with Crippen molar-refractivity contribution in [1.82, 2.24) is 25.0 Å². The summed E-state index contributed by atoms with van der Waals surface area (Å²) in [5, 5.41) is 37.2. The van der Waals surface area contributed by atoms with E-state index in [4.69, 9.17) is 0 Å². The van der Waals surface area contributed by atoms with Gasteiger partial charge in [0.25, 0.3) is 5.91 Å². The minimum absolute atomic E-state index is 0.0236. The molecule has 234 valence electrons. The molecule has 2 fully saturated rings. The van der Waals surface area contributed by atoms with Gasteiger partial charge in [0, 0.05) is 83.8 Å². The number of benzene rings is 1. The Morgan fingerprint density at radius 3 is 1.79 bits per heavy atom. The van der Waals surface area contributed by atoms with Gasteiger partial charge in [-0.25, -0.2) is 25.0 Å². The SMILES string of the molecule is CC1=NN(C(C)(C)C)C(=O)C1=C1C(=O)C(c2ccc(N(CCN(C)N3CCCC3)CCN(C)N3CCCC3)cc2O)=C1O. The average molecular weight is 594 g/mol. The molecule has 0 spiro atoms. The topological polar surface area (TPSA) is 106 Å². The number of hydrogen-bond donors (Lipinski definition) is 2. The van der Waals surface area contributed by atoms with Gasteiger partial charge >= 0.3 is 0 Å². The molecule has 0 atom stereocenters. The molecule has 0 unspecified atom stereocenters. The third kappa shape index (κ3) is 6.22. The predicted molar refractivity (Wildman–Crippen MR) is 168 cm³/mol. The van der Waals surface area contributed by atoms with Crippen molar-refractivity contribution in [2.45, 2.75) is 58.9 Å². The first-order valence-corrected chi connectivity index (χ1v) is 15.5. The molecule has 3 heterocycles. The van der Waals surface area contributed by atoms with Crippen LogP contribution in [0.15, 0.2) is 40.2 Å². The maximum absolute atomic E-state index is 13.3. The summed E-state index contributed by atoms with van der Waals surface area (Å²) in [7, 11) is 4.26. The highest BCUT2D eigenvalue weighted by atomic mass is 16.3. The van der Waals surface area contributed by atoms with Crippen molar-refractivity contribution in [2.75, 3.05) is 71.4 Å². The highest BCUT2D eigenvalue weighted by Gasteiger charge is 2.45. The minimum atomic E-state index is -0.567. The molecule has 11 nitrogen and oxygen atoms in total. The van der Waals surface area contributed by atoms with Crippen molar-refractivity contribution in [3.8, 4) is 5.75 Å². The van der Waals surface area contributed by atoms with E-state index in [9.17, 15) is 19.8 Å². The van der Waals surface area contributed by atoms with Crippen LogP contribution >= 0.6 is 0 Å². The van der Waals surface area contributed by atoms with Gasteiger partial charge in [0.2, 0.25) is 5.78 Å². The zero-order chi connectivity index (χ0) is 31.1. The number of aromatic hydroxyl groups is 1. The zero-order valence-electron chi connectivity index (χ0n) is 26.6. The fourth-order valence-electron chi connectivity index (χ4n) is 6.33. The van der Waals surface area contributed by atoms with Crippen LogP contribution in [-0.2, 0) is 9.59 Å². The van der Waals surface area contributed by atoms with Crippen LogP contribution < -0.4 is 4.90 Å². The Bertz CT molecular complexity index is 1320. The van der Waals surface area contributed by atoms with E-state index in [1.165, 1.54) is 30.7 Å². The maximum Gasteiger partial charge on any atom is 0.277 e. The predicted octanol–water partition coefficient (Wildman–Crippen LogP) is 3.25. The Labute approximate surface area is 255 Å². The van der Waals surface area contributed by atoms with Gasteiger partial charge in [-0.3, -0.25) is 9.59 Å². The lowest BCUT2D eigenvalue weighted by molar-refractivity contribution is -0.130. The summed E-state index contributed by atoms with van der Waals surface area (Å²) in [4.78, 5) is 28.7. The molecule has 1 aromatic rings. The van der Waals surface area contributed by atoms with Crippen LogP contribution in [0.2, 0.25) is 0 Å². The summed E-state index contributed by atoms with van der Waals surface area (Å²) < 4.78 is 0. The Morgan fingerprint density at radius 2 is 1.35 bits per heavy atom. The van der Waals surface area contributed by atoms with Crippen LogP contribution in [0, 0.1) is 0 Å². The summed E-state index contributed by atoms with van der Waals surface area (Å²) in [5.41, 5.74) is 1.04. The normalized spacial score (nSPS) is 22.0. The summed E-state index contributed by atoms with van der Waals surface area (Å²) in [6, 6.07) is 5.26. The molecule has 1 aliphatic carbocycles. The second-order valence-electron chi connectivity index (χ2n) is 13.0. The fourth-order valence-corrected chi connectivity index (χ4v) is 6.33. The first-order valence-electron chi connectivity index (χ1n) is 15.5. The number of Topliss-reactive ketones (excluding diaryl/α,β-unsaturated/α-hetero) is 1. The van der Waals surface area contributed by atoms with E-state index in [2.05, 4.69) is 44.1 Å². The van der Waals surface area contributed by atoms with E-state index < -0.39 is 17.2 Å². The van der Waals surface area contributed by atoms with Gasteiger partial charge in [-0.05, 0) is 65.5 Å². The molecule has 0 saturated carbocycles. The van der Waals surface area contributed by atoms with Crippen LogP contribution in [-0.4, -0.2) is 125 Å². The van der Waals surface area contributed by atoms with Crippen molar-refractivity contribution >= 4 is 28.7 Å². The monoisotopic (exact) mass is 593 g/mol. The van der Waals surface area contributed by atoms with Gasteiger partial charge in [0.1, 0.15) is 11.5 Å². The molecule has 0 aromatic heterocycles. The lowest BCUT2D eigenvalue weighted by atomic mass is 9.79. The Kier molecular flexibility index (Phi) is 8.99. The number of phenols is 1. The average Bonchev–Trinajstić information content (AvgIpc) is 3.73. The van der Waals surface area contributed by atoms with E-state index in [1.807, 2.05) is 26.8 Å². The second kappa shape index (κ2) is 12.4. The standard InChI is InChI=1S/C32H47N7O4/c1-22-26(31(43)39(33-22)32(2,3)4)28-29(41)27(30(28)42)24-12-11-23(21-25(24)40)36(19-17-34(5)37-13-7-8-14-37)20-18-35(6)38-15-9-10-16-38/h11-12,21,40-41H,7-10,13-20H2,1-6H3. The number of aliphatic hydroxyl groups excluding tert-OH is 1. The quantitative estimate of drug-likeness (QED) is 0.396. The van der Waals surface area contributed by atoms with Crippen LogP contribution in [0.5, 0.6) is 5.75 Å². The third-order valence-electron chi connectivity index (χ3n) is 8.96. The Balaban J connectivity index is 1.37. The molecule has 0 bridgehead atoms. The van der Waals surface area contributed by atoms with Crippen molar-refractivity contribution in [3.63, 3.8) is 0 Å². The molecule has 5 rings (SSSR count).